The summed E-state index contributed by atoms with van der Waals surface area (Å²) in [6.45, 7) is 9.38. The Labute approximate surface area is 213 Å². The SMILES string of the molecule is CCCCc1cccc(P(c2cccc(CCCC)c2CCCC)C2CCCC2)c1CCCC. The third-order valence-electron chi connectivity index (χ3n) is 7.87. The molecule has 3 rings (SSSR count). The average Bonchev–Trinajstić information content (AvgIpc) is 3.39. The Balaban J connectivity index is 2.15. The minimum Gasteiger partial charge on any atom is -0.0654 e. The van der Waals surface area contributed by atoms with Crippen molar-refractivity contribution in [2.75, 3.05) is 0 Å². The number of aryl methyl sites for hydroxylation is 2. The summed E-state index contributed by atoms with van der Waals surface area (Å²) in [6.07, 6.45) is 21.2. The zero-order valence-corrected chi connectivity index (χ0v) is 23.7. The Bertz CT molecular complexity index is 782. The monoisotopic (exact) mass is 478 g/mol. The average molecular weight is 479 g/mol. The van der Waals surface area contributed by atoms with E-state index in [2.05, 4.69) is 64.1 Å². The van der Waals surface area contributed by atoms with Crippen molar-refractivity contribution in [1.29, 1.82) is 0 Å². The lowest BCUT2D eigenvalue weighted by atomic mass is 9.97. The second-order valence-electron chi connectivity index (χ2n) is 10.6. The molecule has 1 heteroatoms. The summed E-state index contributed by atoms with van der Waals surface area (Å²) in [7, 11) is -0.289. The van der Waals surface area contributed by atoms with Crippen LogP contribution in [0.2, 0.25) is 0 Å². The molecule has 0 saturated heterocycles. The van der Waals surface area contributed by atoms with E-state index in [0.29, 0.717) is 0 Å². The van der Waals surface area contributed by atoms with Crippen molar-refractivity contribution in [1.82, 2.24) is 0 Å². The fraction of sp³-hybridized carbons (Fsp3) is 0.636. The first-order valence-electron chi connectivity index (χ1n) is 14.8. The van der Waals surface area contributed by atoms with Crippen molar-refractivity contribution < 1.29 is 0 Å². The molecule has 0 aliphatic heterocycles. The molecular formula is C33H51P. The van der Waals surface area contributed by atoms with Crippen LogP contribution in [0.3, 0.4) is 0 Å². The molecule has 0 amide bonds. The quantitative estimate of drug-likeness (QED) is 0.224. The Morgan fingerprint density at radius 3 is 1.41 bits per heavy atom. The van der Waals surface area contributed by atoms with Crippen LogP contribution in [0.1, 0.15) is 127 Å². The lowest BCUT2D eigenvalue weighted by Crippen LogP contribution is -2.27. The van der Waals surface area contributed by atoms with Gasteiger partial charge in [0, 0.05) is 0 Å². The van der Waals surface area contributed by atoms with Crippen LogP contribution >= 0.6 is 7.92 Å². The highest BCUT2D eigenvalue weighted by molar-refractivity contribution is 7.73. The number of benzene rings is 2. The molecule has 1 fully saturated rings. The highest BCUT2D eigenvalue weighted by Gasteiger charge is 2.31. The number of hydrogen-bond acceptors (Lipinski definition) is 0. The molecule has 1 aliphatic carbocycles. The second kappa shape index (κ2) is 15.1. The first-order chi connectivity index (χ1) is 16.7. The van der Waals surface area contributed by atoms with Crippen LogP contribution in [0.4, 0.5) is 0 Å². The summed E-state index contributed by atoms with van der Waals surface area (Å²) in [4.78, 5) is 0. The van der Waals surface area contributed by atoms with Crippen LogP contribution in [0.25, 0.3) is 0 Å². The minimum atomic E-state index is -0.289. The molecule has 0 bridgehead atoms. The molecule has 0 spiro atoms. The van der Waals surface area contributed by atoms with Crippen molar-refractivity contribution >= 4 is 18.5 Å². The summed E-state index contributed by atoms with van der Waals surface area (Å²) in [5, 5.41) is 3.52. The maximum absolute atomic E-state index is 2.56. The molecule has 0 radical (unpaired) electrons. The molecule has 34 heavy (non-hydrogen) atoms. The molecule has 0 aromatic heterocycles. The summed E-state index contributed by atoms with van der Waals surface area (Å²) in [5.41, 5.74) is 7.69. The molecule has 0 N–H and O–H groups in total. The Kier molecular flexibility index (Phi) is 12.2. The van der Waals surface area contributed by atoms with Gasteiger partial charge in [-0.15, -0.1) is 0 Å². The first kappa shape index (κ1) is 27.5. The van der Waals surface area contributed by atoms with Crippen molar-refractivity contribution in [2.45, 2.75) is 136 Å². The van der Waals surface area contributed by atoms with E-state index in [-0.39, 0.29) is 7.92 Å². The predicted molar refractivity (Wildman–Crippen MR) is 156 cm³/mol. The third kappa shape index (κ3) is 7.20. The largest absolute Gasteiger partial charge is 0.0654 e. The highest BCUT2D eigenvalue weighted by Crippen LogP contribution is 2.49. The summed E-state index contributed by atoms with van der Waals surface area (Å²) in [5.74, 6) is 0. The van der Waals surface area contributed by atoms with Crippen molar-refractivity contribution in [3.05, 3.63) is 58.7 Å². The maximum atomic E-state index is 2.56. The van der Waals surface area contributed by atoms with Gasteiger partial charge in [0.25, 0.3) is 0 Å². The first-order valence-corrected chi connectivity index (χ1v) is 16.2. The smallest absolute Gasteiger partial charge is 0.0129 e. The molecule has 1 aliphatic rings. The standard InChI is InChI=1S/C33H51P/c1-5-9-17-27-19-15-25-32(30(27)23-11-7-3)34(29-21-13-14-22-29)33-26-16-20-28(18-10-6-2)31(33)24-12-8-4/h15-16,19-20,25-26,29H,5-14,17-18,21-24H2,1-4H3. The number of unbranched alkanes of at least 4 members (excludes halogenated alkanes) is 4. The van der Waals surface area contributed by atoms with Gasteiger partial charge in [0.2, 0.25) is 0 Å². The van der Waals surface area contributed by atoms with E-state index in [1.54, 1.807) is 32.9 Å². The lowest BCUT2D eigenvalue weighted by Gasteiger charge is -2.31. The van der Waals surface area contributed by atoms with Gasteiger partial charge in [-0.1, -0.05) is 103 Å². The molecular weight excluding hydrogens is 427 g/mol. The number of hydrogen-bond donors (Lipinski definition) is 0. The normalized spacial score (nSPS) is 14.4. The fourth-order valence-electron chi connectivity index (χ4n) is 5.87. The molecule has 188 valence electrons. The van der Waals surface area contributed by atoms with Crippen LogP contribution in [-0.4, -0.2) is 5.66 Å². The van der Waals surface area contributed by atoms with Crippen LogP contribution in [0, 0.1) is 0 Å². The van der Waals surface area contributed by atoms with Crippen molar-refractivity contribution in [3.8, 4) is 0 Å². The van der Waals surface area contributed by atoms with Crippen LogP contribution in [0.5, 0.6) is 0 Å². The predicted octanol–water partition coefficient (Wildman–Crippen LogP) is 9.43. The van der Waals surface area contributed by atoms with Gasteiger partial charge < -0.3 is 0 Å². The van der Waals surface area contributed by atoms with Crippen LogP contribution in [0.15, 0.2) is 36.4 Å². The van der Waals surface area contributed by atoms with Gasteiger partial charge in [-0.25, -0.2) is 0 Å². The van der Waals surface area contributed by atoms with E-state index >= 15 is 0 Å². The molecule has 0 nitrogen and oxygen atoms in total. The van der Waals surface area contributed by atoms with E-state index in [1.165, 1.54) is 103 Å². The zero-order chi connectivity index (χ0) is 24.2. The molecule has 0 heterocycles. The van der Waals surface area contributed by atoms with Crippen molar-refractivity contribution in [3.63, 3.8) is 0 Å². The van der Waals surface area contributed by atoms with E-state index in [9.17, 15) is 0 Å². The Morgan fingerprint density at radius 1 is 0.588 bits per heavy atom. The molecule has 1 saturated carbocycles. The van der Waals surface area contributed by atoms with E-state index in [0.717, 1.165) is 5.66 Å². The molecule has 0 unspecified atom stereocenters. The maximum Gasteiger partial charge on any atom is -0.0129 e. The Morgan fingerprint density at radius 2 is 1.00 bits per heavy atom. The van der Waals surface area contributed by atoms with Gasteiger partial charge in [0.1, 0.15) is 0 Å². The van der Waals surface area contributed by atoms with Crippen molar-refractivity contribution in [2.24, 2.45) is 0 Å². The summed E-state index contributed by atoms with van der Waals surface area (Å²) in [6, 6.07) is 14.9. The van der Waals surface area contributed by atoms with Gasteiger partial charge in [-0.2, -0.15) is 0 Å². The second-order valence-corrected chi connectivity index (χ2v) is 13.0. The van der Waals surface area contributed by atoms with Gasteiger partial charge in [0.05, 0.1) is 0 Å². The van der Waals surface area contributed by atoms with E-state index in [1.807, 2.05) is 0 Å². The molecule has 0 atom stereocenters. The topological polar surface area (TPSA) is 0 Å². The van der Waals surface area contributed by atoms with Crippen LogP contribution < -0.4 is 10.6 Å². The zero-order valence-electron chi connectivity index (χ0n) is 22.8. The number of rotatable bonds is 15. The fourth-order valence-corrected chi connectivity index (χ4v) is 9.38. The third-order valence-corrected chi connectivity index (χ3v) is 11.0. The van der Waals surface area contributed by atoms with E-state index in [4.69, 9.17) is 0 Å². The van der Waals surface area contributed by atoms with Gasteiger partial charge in [0.15, 0.2) is 0 Å². The lowest BCUT2D eigenvalue weighted by molar-refractivity contribution is 0.759. The summed E-state index contributed by atoms with van der Waals surface area (Å²) >= 11 is 0. The Hall–Kier alpha value is -1.13. The minimum absolute atomic E-state index is 0.289. The molecule has 2 aromatic rings. The van der Waals surface area contributed by atoms with Gasteiger partial charge in [-0.05, 0) is 111 Å². The molecule has 2 aromatic carbocycles. The van der Waals surface area contributed by atoms with Gasteiger partial charge in [-0.3, -0.25) is 0 Å². The van der Waals surface area contributed by atoms with Gasteiger partial charge >= 0.3 is 0 Å². The van der Waals surface area contributed by atoms with E-state index < -0.39 is 0 Å². The van der Waals surface area contributed by atoms with Crippen LogP contribution in [-0.2, 0) is 25.7 Å². The summed E-state index contributed by atoms with van der Waals surface area (Å²) < 4.78 is 0. The highest BCUT2D eigenvalue weighted by atomic mass is 31.1.